The van der Waals surface area contributed by atoms with Crippen LogP contribution in [0.25, 0.3) is 16.9 Å². The number of aromatic nitrogens is 4. The van der Waals surface area contributed by atoms with E-state index in [1.165, 1.54) is 13.4 Å². The molecule has 4 rings (SSSR count). The van der Waals surface area contributed by atoms with Crippen LogP contribution < -0.4 is 9.46 Å². The van der Waals surface area contributed by atoms with Crippen molar-refractivity contribution in [1.82, 2.24) is 19.8 Å². The Hall–Kier alpha value is -3.46. The van der Waals surface area contributed by atoms with E-state index in [0.717, 1.165) is 22.4 Å². The lowest BCUT2D eigenvalue weighted by Crippen LogP contribution is -2.14. The number of nitrogens with one attached hydrogen (secondary N) is 1. The first-order valence-electron chi connectivity index (χ1n) is 8.83. The molecular weight excluding hydrogens is 390 g/mol. The molecule has 0 amide bonds. The van der Waals surface area contributed by atoms with Gasteiger partial charge in [-0.25, -0.2) is 8.42 Å². The number of anilines is 1. The van der Waals surface area contributed by atoms with Crippen molar-refractivity contribution in [2.75, 3.05) is 11.8 Å². The molecule has 0 saturated carbocycles. The van der Waals surface area contributed by atoms with Gasteiger partial charge in [0.1, 0.15) is 17.0 Å². The summed E-state index contributed by atoms with van der Waals surface area (Å²) in [7, 11) is -2.35. The zero-order valence-corrected chi connectivity index (χ0v) is 16.9. The van der Waals surface area contributed by atoms with Crippen LogP contribution in [-0.2, 0) is 10.0 Å². The van der Waals surface area contributed by atoms with Gasteiger partial charge in [0, 0.05) is 11.3 Å². The number of methoxy groups -OCH3 is 1. The maximum absolute atomic E-state index is 12.9. The largest absolute Gasteiger partial charge is 0.495 e. The zero-order valence-electron chi connectivity index (χ0n) is 16.1. The summed E-state index contributed by atoms with van der Waals surface area (Å²) in [5.74, 6) is 0.309. The van der Waals surface area contributed by atoms with Crippen LogP contribution in [0.3, 0.4) is 0 Å². The highest BCUT2D eigenvalue weighted by Crippen LogP contribution is 2.29. The molecule has 0 radical (unpaired) electrons. The highest BCUT2D eigenvalue weighted by Gasteiger charge is 2.21. The molecule has 148 valence electrons. The van der Waals surface area contributed by atoms with Gasteiger partial charge < -0.3 is 4.74 Å². The Labute approximate surface area is 168 Å². The van der Waals surface area contributed by atoms with Gasteiger partial charge in [-0.1, -0.05) is 12.1 Å². The zero-order chi connectivity index (χ0) is 20.6. The molecule has 0 spiro atoms. The number of benzene rings is 2. The number of rotatable bonds is 5. The Bertz CT molecular complexity index is 1300. The Morgan fingerprint density at radius 3 is 2.45 bits per heavy atom. The van der Waals surface area contributed by atoms with Gasteiger partial charge in [-0.05, 0) is 61.4 Å². The fraction of sp³-hybridized carbons (Fsp3) is 0.150. The van der Waals surface area contributed by atoms with Crippen LogP contribution in [0.4, 0.5) is 5.69 Å². The van der Waals surface area contributed by atoms with Crippen LogP contribution in [0.5, 0.6) is 5.75 Å². The molecule has 2 aromatic heterocycles. The van der Waals surface area contributed by atoms with E-state index in [0.29, 0.717) is 17.1 Å². The molecule has 0 unspecified atom stereocenters. The molecule has 0 aliphatic carbocycles. The molecule has 1 N–H and O–H groups in total. The van der Waals surface area contributed by atoms with Crippen molar-refractivity contribution in [2.24, 2.45) is 0 Å². The summed E-state index contributed by atoms with van der Waals surface area (Å²) in [5, 5.41) is 12.2. The number of hydrogen-bond acceptors (Lipinski definition) is 6. The van der Waals surface area contributed by atoms with E-state index in [2.05, 4.69) is 20.0 Å². The van der Waals surface area contributed by atoms with E-state index in [-0.39, 0.29) is 4.90 Å². The van der Waals surface area contributed by atoms with Gasteiger partial charge in [0.05, 0.1) is 12.8 Å². The van der Waals surface area contributed by atoms with E-state index in [1.54, 1.807) is 40.9 Å². The summed E-state index contributed by atoms with van der Waals surface area (Å²) in [4.78, 5) is 0.104. The lowest BCUT2D eigenvalue weighted by molar-refractivity contribution is 0.402. The van der Waals surface area contributed by atoms with Gasteiger partial charge >= 0.3 is 0 Å². The van der Waals surface area contributed by atoms with Crippen LogP contribution in [-0.4, -0.2) is 35.3 Å². The van der Waals surface area contributed by atoms with Crippen molar-refractivity contribution < 1.29 is 13.2 Å². The number of nitrogens with zero attached hydrogens (tertiary/aromatic N) is 4. The third-order valence-corrected chi connectivity index (χ3v) is 6.07. The van der Waals surface area contributed by atoms with Crippen molar-refractivity contribution in [2.45, 2.75) is 18.7 Å². The van der Waals surface area contributed by atoms with Crippen molar-refractivity contribution in [3.8, 4) is 17.0 Å². The van der Waals surface area contributed by atoms with Crippen molar-refractivity contribution in [3.63, 3.8) is 0 Å². The van der Waals surface area contributed by atoms with Crippen LogP contribution in [0.15, 0.2) is 59.8 Å². The van der Waals surface area contributed by atoms with Gasteiger partial charge in [0.15, 0.2) is 5.65 Å². The Balaban J connectivity index is 1.62. The molecule has 0 bridgehead atoms. The molecule has 2 aromatic carbocycles. The summed E-state index contributed by atoms with van der Waals surface area (Å²) >= 11 is 0. The number of ether oxygens (including phenoxy) is 1. The Morgan fingerprint density at radius 1 is 1.00 bits per heavy atom. The maximum Gasteiger partial charge on any atom is 0.265 e. The van der Waals surface area contributed by atoms with Gasteiger partial charge in [-0.15, -0.1) is 10.2 Å². The third kappa shape index (κ3) is 3.64. The molecule has 0 aliphatic rings. The average Bonchev–Trinajstić information content (AvgIpc) is 3.17. The molecule has 4 aromatic rings. The second-order valence-corrected chi connectivity index (χ2v) is 8.27. The molecular formula is C20H19N5O3S. The maximum atomic E-state index is 12.9. The molecule has 0 saturated heterocycles. The summed E-state index contributed by atoms with van der Waals surface area (Å²) < 4.78 is 35.3. The van der Waals surface area contributed by atoms with E-state index in [4.69, 9.17) is 4.74 Å². The smallest absolute Gasteiger partial charge is 0.265 e. The topological polar surface area (TPSA) is 98.5 Å². The SMILES string of the molecule is COc1cc(C)c(C)cc1S(=O)(=O)Nc1ccc(-c2ccc3nncn3n2)cc1. The molecule has 0 atom stereocenters. The normalized spacial score (nSPS) is 11.6. The van der Waals surface area contributed by atoms with Gasteiger partial charge in [-0.3, -0.25) is 4.72 Å². The minimum Gasteiger partial charge on any atom is -0.495 e. The van der Waals surface area contributed by atoms with Crippen molar-refractivity contribution in [1.29, 1.82) is 0 Å². The fourth-order valence-electron chi connectivity index (χ4n) is 2.93. The number of aryl methyl sites for hydroxylation is 2. The number of hydrogen-bond donors (Lipinski definition) is 1. The average molecular weight is 409 g/mol. The van der Waals surface area contributed by atoms with Crippen LogP contribution in [0.2, 0.25) is 0 Å². The first kappa shape index (κ1) is 18.9. The molecule has 2 heterocycles. The van der Waals surface area contributed by atoms with Gasteiger partial charge in [0.2, 0.25) is 0 Å². The molecule has 29 heavy (non-hydrogen) atoms. The second kappa shape index (κ2) is 7.17. The fourth-order valence-corrected chi connectivity index (χ4v) is 4.23. The first-order valence-corrected chi connectivity index (χ1v) is 10.3. The minimum absolute atomic E-state index is 0.104. The summed E-state index contributed by atoms with van der Waals surface area (Å²) in [6.45, 7) is 3.77. The second-order valence-electron chi connectivity index (χ2n) is 6.62. The van der Waals surface area contributed by atoms with Crippen LogP contribution in [0, 0.1) is 13.8 Å². The third-order valence-electron chi connectivity index (χ3n) is 4.66. The predicted molar refractivity (Wildman–Crippen MR) is 109 cm³/mol. The summed E-state index contributed by atoms with van der Waals surface area (Å²) in [5.41, 5.74) is 4.49. The summed E-state index contributed by atoms with van der Waals surface area (Å²) in [6.07, 6.45) is 1.53. The highest BCUT2D eigenvalue weighted by atomic mass is 32.2. The first-order chi connectivity index (χ1) is 13.9. The minimum atomic E-state index is -3.81. The summed E-state index contributed by atoms with van der Waals surface area (Å²) in [6, 6.07) is 14.0. The van der Waals surface area contributed by atoms with Crippen molar-refractivity contribution >= 4 is 21.4 Å². The molecule has 9 heteroatoms. The highest BCUT2D eigenvalue weighted by molar-refractivity contribution is 7.92. The molecule has 0 fully saturated rings. The van der Waals surface area contributed by atoms with E-state index in [9.17, 15) is 8.42 Å². The Kier molecular flexibility index (Phi) is 4.67. The van der Waals surface area contributed by atoms with E-state index < -0.39 is 10.0 Å². The molecule has 8 nitrogen and oxygen atoms in total. The van der Waals surface area contributed by atoms with E-state index >= 15 is 0 Å². The standard InChI is InChI=1S/C20H19N5O3S/c1-13-10-18(28-3)19(11-14(13)2)29(26,27)24-16-6-4-15(5-7-16)17-8-9-20-22-21-12-25(20)23-17/h4-12,24H,1-3H3. The van der Waals surface area contributed by atoms with Crippen molar-refractivity contribution in [3.05, 3.63) is 66.0 Å². The molecule has 0 aliphatic heterocycles. The van der Waals surface area contributed by atoms with Gasteiger partial charge in [-0.2, -0.15) is 9.61 Å². The van der Waals surface area contributed by atoms with E-state index in [1.807, 2.05) is 26.0 Å². The van der Waals surface area contributed by atoms with Crippen LogP contribution >= 0.6 is 0 Å². The Morgan fingerprint density at radius 2 is 1.72 bits per heavy atom. The lowest BCUT2D eigenvalue weighted by Gasteiger charge is -2.14. The quantitative estimate of drug-likeness (QED) is 0.543. The van der Waals surface area contributed by atoms with Gasteiger partial charge in [0.25, 0.3) is 10.0 Å². The monoisotopic (exact) mass is 409 g/mol. The van der Waals surface area contributed by atoms with Crippen LogP contribution in [0.1, 0.15) is 11.1 Å². The number of sulfonamides is 1. The lowest BCUT2D eigenvalue weighted by atomic mass is 10.1. The predicted octanol–water partition coefficient (Wildman–Crippen LogP) is 3.22. The number of fused-ring (bicyclic) bond motifs is 1.